The van der Waals surface area contributed by atoms with E-state index in [1.165, 1.54) is 109 Å². The van der Waals surface area contributed by atoms with Gasteiger partial charge in [-0.25, -0.2) is 4.79 Å². The van der Waals surface area contributed by atoms with Crippen LogP contribution in [0.1, 0.15) is 200 Å². The number of quaternary nitrogens is 1. The van der Waals surface area contributed by atoms with Crippen LogP contribution in [-0.4, -0.2) is 87.4 Å². The van der Waals surface area contributed by atoms with Crippen molar-refractivity contribution >= 4 is 17.9 Å². The van der Waals surface area contributed by atoms with E-state index < -0.39 is 24.3 Å². The average molecular weight is 795 g/mol. The first-order valence-corrected chi connectivity index (χ1v) is 23.0. The number of aliphatic carboxylic acids is 1. The van der Waals surface area contributed by atoms with Gasteiger partial charge < -0.3 is 28.5 Å². The first-order valence-electron chi connectivity index (χ1n) is 23.0. The fourth-order valence-electron chi connectivity index (χ4n) is 6.34. The Labute approximate surface area is 344 Å². The molecule has 9 heteroatoms. The van der Waals surface area contributed by atoms with Crippen molar-refractivity contribution < 1.29 is 42.9 Å². The minimum Gasteiger partial charge on any atom is -0.477 e. The molecule has 0 aliphatic rings. The van der Waals surface area contributed by atoms with E-state index in [9.17, 15) is 19.5 Å². The third kappa shape index (κ3) is 40.0. The van der Waals surface area contributed by atoms with Gasteiger partial charge in [-0.1, -0.05) is 167 Å². The van der Waals surface area contributed by atoms with Gasteiger partial charge in [-0.15, -0.1) is 0 Å². The number of carbonyl (C=O) groups is 3. The van der Waals surface area contributed by atoms with Crippen LogP contribution in [0.3, 0.4) is 0 Å². The van der Waals surface area contributed by atoms with Crippen molar-refractivity contribution in [2.24, 2.45) is 0 Å². The fraction of sp³-hybridized carbons (Fsp3) is 0.851. The molecule has 2 unspecified atom stereocenters. The summed E-state index contributed by atoms with van der Waals surface area (Å²) in [5.41, 5.74) is 0. The van der Waals surface area contributed by atoms with Crippen molar-refractivity contribution in [3.05, 3.63) is 24.3 Å². The molecule has 0 aromatic carbocycles. The van der Waals surface area contributed by atoms with Crippen molar-refractivity contribution in [2.75, 3.05) is 47.5 Å². The van der Waals surface area contributed by atoms with Crippen molar-refractivity contribution in [2.45, 2.75) is 212 Å². The van der Waals surface area contributed by atoms with Gasteiger partial charge in [0.25, 0.3) is 6.29 Å². The highest BCUT2D eigenvalue weighted by atomic mass is 16.7. The zero-order chi connectivity index (χ0) is 41.4. The molecule has 0 aliphatic carbocycles. The maximum Gasteiger partial charge on any atom is 0.361 e. The number of nitrogens with zero attached hydrogens (tertiary/aromatic N) is 1. The first kappa shape index (κ1) is 53.8. The molecule has 0 aliphatic heterocycles. The van der Waals surface area contributed by atoms with Crippen molar-refractivity contribution in [3.63, 3.8) is 0 Å². The minimum atomic E-state index is -1.51. The number of carboxylic acid groups (broad SMARTS) is 1. The summed E-state index contributed by atoms with van der Waals surface area (Å²) in [6.45, 7) is 4.85. The number of hydrogen-bond acceptors (Lipinski definition) is 7. The third-order valence-electron chi connectivity index (χ3n) is 9.96. The largest absolute Gasteiger partial charge is 0.477 e. The highest BCUT2D eigenvalue weighted by Crippen LogP contribution is 2.15. The summed E-state index contributed by atoms with van der Waals surface area (Å²) < 4.78 is 22.7. The molecular formula is C47H88NO8+. The van der Waals surface area contributed by atoms with Crippen LogP contribution in [0, 0.1) is 0 Å². The number of hydrogen-bond donors (Lipinski definition) is 1. The molecular weight excluding hydrogens is 707 g/mol. The zero-order valence-electron chi connectivity index (χ0n) is 37.1. The molecule has 0 rings (SSSR count). The molecule has 0 aromatic rings. The summed E-state index contributed by atoms with van der Waals surface area (Å²) in [6.07, 6.45) is 39.4. The Morgan fingerprint density at radius 2 is 0.964 bits per heavy atom. The van der Waals surface area contributed by atoms with Crippen molar-refractivity contribution in [1.29, 1.82) is 0 Å². The molecule has 0 aromatic heterocycles. The predicted octanol–water partition coefficient (Wildman–Crippen LogP) is 12.1. The van der Waals surface area contributed by atoms with Crippen LogP contribution in [0.15, 0.2) is 24.3 Å². The Hall–Kier alpha value is -2.23. The topological polar surface area (TPSA) is 108 Å². The lowest BCUT2D eigenvalue weighted by atomic mass is 10.0. The molecule has 0 bridgehead atoms. The Kier molecular flexibility index (Phi) is 38.0. The van der Waals surface area contributed by atoms with E-state index in [-0.39, 0.29) is 32.2 Å². The lowest BCUT2D eigenvalue weighted by molar-refractivity contribution is -0.870. The van der Waals surface area contributed by atoms with Crippen LogP contribution in [0.2, 0.25) is 0 Å². The lowest BCUT2D eigenvalue weighted by Crippen LogP contribution is -2.40. The Balaban J connectivity index is 4.44. The van der Waals surface area contributed by atoms with Gasteiger partial charge in [0.15, 0.2) is 6.10 Å². The van der Waals surface area contributed by atoms with Crippen LogP contribution < -0.4 is 0 Å². The summed E-state index contributed by atoms with van der Waals surface area (Å²) in [7, 11) is 5.95. The molecule has 0 saturated heterocycles. The summed E-state index contributed by atoms with van der Waals surface area (Å²) in [5, 5.41) is 9.63. The van der Waals surface area contributed by atoms with Crippen LogP contribution in [0.5, 0.6) is 0 Å². The number of unbranched alkanes of at least 4 members (excludes halogenated alkanes) is 23. The molecule has 0 radical (unpaired) electrons. The van der Waals surface area contributed by atoms with Crippen LogP contribution in [0.25, 0.3) is 0 Å². The Bertz CT molecular complexity index is 976. The second-order valence-electron chi connectivity index (χ2n) is 16.7. The van der Waals surface area contributed by atoms with E-state index in [0.29, 0.717) is 23.9 Å². The van der Waals surface area contributed by atoms with Gasteiger partial charge in [0.2, 0.25) is 0 Å². The Morgan fingerprint density at radius 1 is 0.536 bits per heavy atom. The minimum absolute atomic E-state index is 0.184. The quantitative estimate of drug-likeness (QED) is 0.0214. The smallest absolute Gasteiger partial charge is 0.361 e. The standard InChI is InChI=1S/C47H87NO8/c1-6-8-10-12-14-16-18-20-22-24-26-28-30-32-34-36-38-45(50)56-43(42-55-47(46(51)52)53-40-39-48(3,4)5)41-54-44(49)37-35-33-31-29-27-25-23-21-19-17-15-13-11-9-7-2/h16,18,22,24,43,47H,6-15,17,19-21,23,25-42H2,1-5H3/p+1/b18-16-,24-22-. The number of carboxylic acids is 1. The highest BCUT2D eigenvalue weighted by Gasteiger charge is 2.25. The second kappa shape index (κ2) is 39.6. The summed E-state index contributed by atoms with van der Waals surface area (Å²) in [6, 6.07) is 0. The van der Waals surface area contributed by atoms with Crippen molar-refractivity contribution in [3.8, 4) is 0 Å². The van der Waals surface area contributed by atoms with E-state index in [0.717, 1.165) is 57.8 Å². The van der Waals surface area contributed by atoms with Gasteiger partial charge >= 0.3 is 17.9 Å². The molecule has 0 fully saturated rings. The second-order valence-corrected chi connectivity index (χ2v) is 16.7. The third-order valence-corrected chi connectivity index (χ3v) is 9.96. The average Bonchev–Trinajstić information content (AvgIpc) is 3.15. The molecule has 0 spiro atoms. The van der Waals surface area contributed by atoms with E-state index in [4.69, 9.17) is 18.9 Å². The SMILES string of the molecule is CCCCCC/C=C\C/C=C\CCCCCCCC(=O)OC(COC(=O)CCCCCCCCCCCCCCCCC)COC(OCC[N+](C)(C)C)C(=O)O. The van der Waals surface area contributed by atoms with Crippen LogP contribution in [-0.2, 0) is 33.3 Å². The Morgan fingerprint density at radius 3 is 1.43 bits per heavy atom. The van der Waals surface area contributed by atoms with Crippen LogP contribution >= 0.6 is 0 Å². The summed E-state index contributed by atoms with van der Waals surface area (Å²) in [4.78, 5) is 37.1. The van der Waals surface area contributed by atoms with Gasteiger partial charge in [0.05, 0.1) is 34.4 Å². The molecule has 0 amide bonds. The van der Waals surface area contributed by atoms with Gasteiger partial charge in [-0.2, -0.15) is 0 Å². The zero-order valence-corrected chi connectivity index (χ0v) is 37.1. The molecule has 2 atom stereocenters. The highest BCUT2D eigenvalue weighted by molar-refractivity contribution is 5.71. The number of carbonyl (C=O) groups excluding carboxylic acids is 2. The van der Waals surface area contributed by atoms with Gasteiger partial charge in [0.1, 0.15) is 13.2 Å². The van der Waals surface area contributed by atoms with Crippen molar-refractivity contribution in [1.82, 2.24) is 0 Å². The van der Waals surface area contributed by atoms with E-state index in [1.54, 1.807) is 0 Å². The fourth-order valence-corrected chi connectivity index (χ4v) is 6.34. The molecule has 328 valence electrons. The lowest BCUT2D eigenvalue weighted by Gasteiger charge is -2.25. The number of likely N-dealkylation sites (N-methyl/N-ethyl adjacent to an activating group) is 1. The van der Waals surface area contributed by atoms with E-state index >= 15 is 0 Å². The maximum absolute atomic E-state index is 12.8. The van der Waals surface area contributed by atoms with Gasteiger partial charge in [-0.3, -0.25) is 9.59 Å². The molecule has 9 nitrogen and oxygen atoms in total. The first-order chi connectivity index (χ1) is 27.1. The summed E-state index contributed by atoms with van der Waals surface area (Å²) in [5.74, 6) is -2.02. The van der Waals surface area contributed by atoms with Gasteiger partial charge in [-0.05, 0) is 44.9 Å². The molecule has 1 N–H and O–H groups in total. The molecule has 56 heavy (non-hydrogen) atoms. The molecule has 0 saturated carbocycles. The normalized spacial score (nSPS) is 13.1. The number of ether oxygens (including phenoxy) is 4. The number of rotatable bonds is 42. The van der Waals surface area contributed by atoms with E-state index in [1.807, 2.05) is 21.1 Å². The monoisotopic (exact) mass is 795 g/mol. The summed E-state index contributed by atoms with van der Waals surface area (Å²) >= 11 is 0. The maximum atomic E-state index is 12.8. The number of allylic oxidation sites excluding steroid dienone is 4. The molecule has 0 heterocycles. The van der Waals surface area contributed by atoms with Gasteiger partial charge in [0, 0.05) is 12.8 Å². The van der Waals surface area contributed by atoms with E-state index in [2.05, 4.69) is 38.2 Å². The predicted molar refractivity (Wildman–Crippen MR) is 231 cm³/mol. The number of esters is 2. The van der Waals surface area contributed by atoms with Crippen LogP contribution in [0.4, 0.5) is 0 Å².